The van der Waals surface area contributed by atoms with Crippen molar-refractivity contribution in [2.24, 2.45) is 0 Å². The van der Waals surface area contributed by atoms with E-state index in [9.17, 15) is 9.59 Å². The van der Waals surface area contributed by atoms with E-state index < -0.39 is 5.97 Å². The van der Waals surface area contributed by atoms with Crippen LogP contribution in [-0.2, 0) is 14.2 Å². The molecule has 0 unspecified atom stereocenters. The maximum absolute atomic E-state index is 12.4. The van der Waals surface area contributed by atoms with Gasteiger partial charge in [0.25, 0.3) is 0 Å². The van der Waals surface area contributed by atoms with Crippen LogP contribution in [0.5, 0.6) is 0 Å². The molecule has 3 aliphatic rings. The maximum atomic E-state index is 12.4. The number of benzene rings is 1. The molecule has 0 aromatic heterocycles. The molecule has 3 aliphatic heterocycles. The number of piperidine rings is 1. The molecule has 0 bridgehead atoms. The molecule has 2 amide bonds. The molecule has 0 aliphatic carbocycles. The number of carbonyl (C=O) groups is 2. The van der Waals surface area contributed by atoms with Gasteiger partial charge in [-0.1, -0.05) is 6.07 Å². The van der Waals surface area contributed by atoms with Gasteiger partial charge in [-0.15, -0.1) is 0 Å². The van der Waals surface area contributed by atoms with E-state index in [1.54, 1.807) is 29.2 Å². The summed E-state index contributed by atoms with van der Waals surface area (Å²) >= 11 is 0. The number of methoxy groups -OCH3 is 1. The van der Waals surface area contributed by atoms with Crippen LogP contribution in [0.2, 0.25) is 0 Å². The molecule has 8 nitrogen and oxygen atoms in total. The number of likely N-dealkylation sites (tertiary alicyclic amines) is 2. The van der Waals surface area contributed by atoms with Crippen molar-refractivity contribution in [2.75, 3.05) is 51.8 Å². The molecule has 1 spiro atoms. The second-order valence-corrected chi connectivity index (χ2v) is 7.20. The first-order valence-electron chi connectivity index (χ1n) is 9.35. The summed E-state index contributed by atoms with van der Waals surface area (Å²) in [6.07, 6.45) is 1.77. The summed E-state index contributed by atoms with van der Waals surface area (Å²) in [7, 11) is 1.33. The molecule has 1 aromatic rings. The summed E-state index contributed by atoms with van der Waals surface area (Å²) in [6, 6.07) is 6.99. The molecule has 27 heavy (non-hydrogen) atoms. The van der Waals surface area contributed by atoms with Crippen molar-refractivity contribution in [3.63, 3.8) is 0 Å². The summed E-state index contributed by atoms with van der Waals surface area (Å²) in [5, 5.41) is 2.85. The van der Waals surface area contributed by atoms with E-state index in [1.807, 2.05) is 0 Å². The van der Waals surface area contributed by atoms with Crippen molar-refractivity contribution in [2.45, 2.75) is 24.7 Å². The number of esters is 1. The molecule has 1 N–H and O–H groups in total. The second-order valence-electron chi connectivity index (χ2n) is 7.20. The van der Waals surface area contributed by atoms with Gasteiger partial charge in [-0.2, -0.15) is 0 Å². The fraction of sp³-hybridized carbons (Fsp3) is 0.579. The molecule has 1 aromatic carbocycles. The average Bonchev–Trinajstić information content (AvgIpc) is 3.10. The minimum absolute atomic E-state index is 0.149. The highest BCUT2D eigenvalue weighted by Gasteiger charge is 2.43. The Balaban J connectivity index is 1.25. The SMILES string of the molecule is COC(=O)c1cccc(NC(=O)N2CC(N3CCC4(CC3)OCCO4)C2)c1. The summed E-state index contributed by atoms with van der Waals surface area (Å²) in [4.78, 5) is 28.2. The summed E-state index contributed by atoms with van der Waals surface area (Å²) in [5.41, 5.74) is 0.997. The van der Waals surface area contributed by atoms with Crippen molar-refractivity contribution in [3.8, 4) is 0 Å². The Labute approximate surface area is 158 Å². The van der Waals surface area contributed by atoms with E-state index in [-0.39, 0.29) is 11.8 Å². The fourth-order valence-electron chi connectivity index (χ4n) is 3.91. The fourth-order valence-corrected chi connectivity index (χ4v) is 3.91. The Morgan fingerprint density at radius 2 is 1.89 bits per heavy atom. The number of ether oxygens (including phenoxy) is 3. The zero-order valence-corrected chi connectivity index (χ0v) is 15.5. The molecule has 4 rings (SSSR count). The lowest BCUT2D eigenvalue weighted by Crippen LogP contribution is -2.64. The van der Waals surface area contributed by atoms with Crippen molar-refractivity contribution in [3.05, 3.63) is 29.8 Å². The third-order valence-electron chi connectivity index (χ3n) is 5.57. The number of rotatable bonds is 3. The third kappa shape index (κ3) is 3.78. The molecule has 0 atom stereocenters. The molecular weight excluding hydrogens is 350 g/mol. The standard InChI is InChI=1S/C19H25N3O5/c1-25-17(23)14-3-2-4-15(11-14)20-18(24)22-12-16(13-22)21-7-5-19(6-8-21)26-9-10-27-19/h2-4,11,16H,5-10,12-13H2,1H3,(H,20,24). The molecule has 3 saturated heterocycles. The first kappa shape index (κ1) is 18.2. The lowest BCUT2D eigenvalue weighted by atomic mass is 9.99. The second kappa shape index (κ2) is 7.46. The minimum atomic E-state index is -0.423. The van der Waals surface area contributed by atoms with Gasteiger partial charge in [0.2, 0.25) is 0 Å². The van der Waals surface area contributed by atoms with Crippen molar-refractivity contribution in [1.82, 2.24) is 9.80 Å². The number of hydrogen-bond acceptors (Lipinski definition) is 6. The first-order valence-corrected chi connectivity index (χ1v) is 9.35. The van der Waals surface area contributed by atoms with Crippen LogP contribution >= 0.6 is 0 Å². The quantitative estimate of drug-likeness (QED) is 0.807. The third-order valence-corrected chi connectivity index (χ3v) is 5.57. The van der Waals surface area contributed by atoms with E-state index in [0.717, 1.165) is 25.9 Å². The molecule has 3 fully saturated rings. The lowest BCUT2D eigenvalue weighted by molar-refractivity contribution is -0.190. The Kier molecular flexibility index (Phi) is 5.03. The minimum Gasteiger partial charge on any atom is -0.465 e. The molecule has 0 radical (unpaired) electrons. The van der Waals surface area contributed by atoms with Crippen LogP contribution in [0, 0.1) is 0 Å². The first-order chi connectivity index (χ1) is 13.1. The van der Waals surface area contributed by atoms with Crippen LogP contribution in [0.25, 0.3) is 0 Å². The highest BCUT2D eigenvalue weighted by Crippen LogP contribution is 2.33. The normalized spacial score (nSPS) is 22.5. The number of amides is 2. The van der Waals surface area contributed by atoms with Crippen LogP contribution in [0.15, 0.2) is 24.3 Å². The van der Waals surface area contributed by atoms with Crippen molar-refractivity contribution >= 4 is 17.7 Å². The van der Waals surface area contributed by atoms with E-state index in [4.69, 9.17) is 14.2 Å². The topological polar surface area (TPSA) is 80.3 Å². The molecule has 8 heteroatoms. The molecule has 0 saturated carbocycles. The average molecular weight is 375 g/mol. The Bertz CT molecular complexity index is 703. The van der Waals surface area contributed by atoms with Gasteiger partial charge in [0.05, 0.1) is 25.9 Å². The van der Waals surface area contributed by atoms with E-state index in [2.05, 4.69) is 10.2 Å². The van der Waals surface area contributed by atoms with Crippen LogP contribution in [0.1, 0.15) is 23.2 Å². The maximum Gasteiger partial charge on any atom is 0.337 e. The number of nitrogens with zero attached hydrogens (tertiary/aromatic N) is 2. The van der Waals surface area contributed by atoms with Gasteiger partial charge in [-0.25, -0.2) is 9.59 Å². The van der Waals surface area contributed by atoms with E-state index in [1.165, 1.54) is 7.11 Å². The zero-order valence-electron chi connectivity index (χ0n) is 15.5. The summed E-state index contributed by atoms with van der Waals surface area (Å²) in [6.45, 7) is 4.65. The van der Waals surface area contributed by atoms with Gasteiger partial charge in [0, 0.05) is 50.7 Å². The number of anilines is 1. The van der Waals surface area contributed by atoms with Crippen LogP contribution < -0.4 is 5.32 Å². The van der Waals surface area contributed by atoms with E-state index in [0.29, 0.717) is 43.6 Å². The number of urea groups is 1. The van der Waals surface area contributed by atoms with E-state index >= 15 is 0 Å². The molecular formula is C19H25N3O5. The number of hydrogen-bond donors (Lipinski definition) is 1. The number of nitrogens with one attached hydrogen (secondary N) is 1. The predicted molar refractivity (Wildman–Crippen MR) is 97.6 cm³/mol. The van der Waals surface area contributed by atoms with Crippen LogP contribution in [-0.4, -0.2) is 80.1 Å². The van der Waals surface area contributed by atoms with Gasteiger partial charge in [0.15, 0.2) is 5.79 Å². The van der Waals surface area contributed by atoms with Gasteiger partial charge in [0.1, 0.15) is 0 Å². The Morgan fingerprint density at radius 3 is 2.56 bits per heavy atom. The smallest absolute Gasteiger partial charge is 0.337 e. The summed E-state index contributed by atoms with van der Waals surface area (Å²) in [5.74, 6) is -0.782. The Hall–Kier alpha value is -2.16. The van der Waals surface area contributed by atoms with Gasteiger partial charge in [-0.05, 0) is 18.2 Å². The van der Waals surface area contributed by atoms with Gasteiger partial charge >= 0.3 is 12.0 Å². The van der Waals surface area contributed by atoms with Gasteiger partial charge in [-0.3, -0.25) is 4.90 Å². The van der Waals surface area contributed by atoms with Crippen molar-refractivity contribution in [1.29, 1.82) is 0 Å². The largest absolute Gasteiger partial charge is 0.465 e. The molecule has 3 heterocycles. The van der Waals surface area contributed by atoms with Crippen LogP contribution in [0.3, 0.4) is 0 Å². The monoisotopic (exact) mass is 375 g/mol. The highest BCUT2D eigenvalue weighted by molar-refractivity contribution is 5.94. The molecule has 146 valence electrons. The van der Waals surface area contributed by atoms with Crippen molar-refractivity contribution < 1.29 is 23.8 Å². The predicted octanol–water partition coefficient (Wildman–Crippen LogP) is 1.53. The highest BCUT2D eigenvalue weighted by atomic mass is 16.7. The Morgan fingerprint density at radius 1 is 1.19 bits per heavy atom. The van der Waals surface area contributed by atoms with Gasteiger partial charge < -0.3 is 24.4 Å². The number of carbonyl (C=O) groups excluding carboxylic acids is 2. The lowest BCUT2D eigenvalue weighted by Gasteiger charge is -2.48. The zero-order chi connectivity index (χ0) is 18.9. The summed E-state index contributed by atoms with van der Waals surface area (Å²) < 4.78 is 16.2. The van der Waals surface area contributed by atoms with Crippen LogP contribution in [0.4, 0.5) is 10.5 Å².